The zero-order chi connectivity index (χ0) is 11.1. The van der Waals surface area contributed by atoms with Crippen molar-refractivity contribution in [3.63, 3.8) is 0 Å². The standard InChI is InChI=1S/C12H23N3/c1-14(9-5-8-13)11-7-12-6-3-4-10-15(12)2/h12H,3-7,9-11H2,1-2H3. The monoisotopic (exact) mass is 209 g/mol. The highest BCUT2D eigenvalue weighted by atomic mass is 15.1. The van der Waals surface area contributed by atoms with Crippen LogP contribution in [0.5, 0.6) is 0 Å². The SMILES string of the molecule is CN(CCC#N)CCC1CCCCN1C. The molecule has 0 amide bonds. The molecule has 0 bridgehead atoms. The Balaban J connectivity index is 2.15. The van der Waals surface area contributed by atoms with Gasteiger partial charge in [0.15, 0.2) is 0 Å². The van der Waals surface area contributed by atoms with Gasteiger partial charge in [-0.15, -0.1) is 0 Å². The molecular formula is C12H23N3. The van der Waals surface area contributed by atoms with Crippen molar-refractivity contribution in [2.45, 2.75) is 38.1 Å². The van der Waals surface area contributed by atoms with Gasteiger partial charge >= 0.3 is 0 Å². The van der Waals surface area contributed by atoms with Crippen LogP contribution in [-0.2, 0) is 0 Å². The van der Waals surface area contributed by atoms with Gasteiger partial charge in [-0.2, -0.15) is 5.26 Å². The molecule has 1 unspecified atom stereocenters. The topological polar surface area (TPSA) is 30.3 Å². The van der Waals surface area contributed by atoms with Crippen molar-refractivity contribution in [3.05, 3.63) is 0 Å². The number of piperidine rings is 1. The van der Waals surface area contributed by atoms with Crippen molar-refractivity contribution in [2.75, 3.05) is 33.7 Å². The van der Waals surface area contributed by atoms with Gasteiger partial charge < -0.3 is 9.80 Å². The fourth-order valence-corrected chi connectivity index (χ4v) is 2.23. The van der Waals surface area contributed by atoms with E-state index in [0.717, 1.165) is 19.1 Å². The summed E-state index contributed by atoms with van der Waals surface area (Å²) in [6.45, 7) is 3.29. The van der Waals surface area contributed by atoms with Crippen molar-refractivity contribution >= 4 is 0 Å². The van der Waals surface area contributed by atoms with Gasteiger partial charge in [0.2, 0.25) is 0 Å². The summed E-state index contributed by atoms with van der Waals surface area (Å²) in [5.74, 6) is 0. The van der Waals surface area contributed by atoms with Crippen LogP contribution in [0.15, 0.2) is 0 Å². The van der Waals surface area contributed by atoms with Crippen LogP contribution in [0.1, 0.15) is 32.1 Å². The molecule has 0 aliphatic carbocycles. The van der Waals surface area contributed by atoms with Gasteiger partial charge in [0.1, 0.15) is 0 Å². The summed E-state index contributed by atoms with van der Waals surface area (Å²) in [5.41, 5.74) is 0. The van der Waals surface area contributed by atoms with E-state index in [9.17, 15) is 0 Å². The lowest BCUT2D eigenvalue weighted by molar-refractivity contribution is 0.161. The Morgan fingerprint density at radius 2 is 2.20 bits per heavy atom. The van der Waals surface area contributed by atoms with Crippen molar-refractivity contribution in [3.8, 4) is 6.07 Å². The van der Waals surface area contributed by atoms with Gasteiger partial charge in [0.05, 0.1) is 6.07 Å². The molecule has 1 aliphatic heterocycles. The highest BCUT2D eigenvalue weighted by molar-refractivity contribution is 4.76. The second-order valence-corrected chi connectivity index (χ2v) is 4.63. The Kier molecular flexibility index (Phi) is 5.67. The van der Waals surface area contributed by atoms with Crippen LogP contribution in [0.4, 0.5) is 0 Å². The molecule has 1 atom stereocenters. The van der Waals surface area contributed by atoms with E-state index in [1.807, 2.05) is 0 Å². The van der Waals surface area contributed by atoms with E-state index in [1.165, 1.54) is 32.2 Å². The largest absolute Gasteiger partial charge is 0.305 e. The first kappa shape index (κ1) is 12.5. The Labute approximate surface area is 93.7 Å². The second kappa shape index (κ2) is 6.81. The first-order valence-electron chi connectivity index (χ1n) is 5.99. The first-order chi connectivity index (χ1) is 7.24. The summed E-state index contributed by atoms with van der Waals surface area (Å²) in [7, 11) is 4.35. The van der Waals surface area contributed by atoms with Gasteiger partial charge in [-0.3, -0.25) is 0 Å². The first-order valence-corrected chi connectivity index (χ1v) is 5.99. The van der Waals surface area contributed by atoms with Gasteiger partial charge in [-0.05, 0) is 46.4 Å². The lowest BCUT2D eigenvalue weighted by atomic mass is 10.00. The number of nitrogens with zero attached hydrogens (tertiary/aromatic N) is 3. The van der Waals surface area contributed by atoms with Crippen molar-refractivity contribution < 1.29 is 0 Å². The minimum absolute atomic E-state index is 0.650. The minimum Gasteiger partial charge on any atom is -0.305 e. The van der Waals surface area contributed by atoms with Gasteiger partial charge in [-0.1, -0.05) is 6.42 Å². The molecule has 3 nitrogen and oxygen atoms in total. The zero-order valence-corrected chi connectivity index (χ0v) is 10.1. The lowest BCUT2D eigenvalue weighted by Gasteiger charge is -2.33. The van der Waals surface area contributed by atoms with Crippen LogP contribution in [0.25, 0.3) is 0 Å². The van der Waals surface area contributed by atoms with Gasteiger partial charge in [0.25, 0.3) is 0 Å². The van der Waals surface area contributed by atoms with Gasteiger partial charge in [0, 0.05) is 19.0 Å². The highest BCUT2D eigenvalue weighted by Crippen LogP contribution is 2.17. The summed E-state index contributed by atoms with van der Waals surface area (Å²) in [5, 5.41) is 8.49. The Morgan fingerprint density at radius 1 is 1.40 bits per heavy atom. The summed E-state index contributed by atoms with van der Waals surface area (Å²) in [4.78, 5) is 4.76. The molecule has 0 aromatic carbocycles. The normalized spacial score (nSPS) is 22.9. The summed E-state index contributed by atoms with van der Waals surface area (Å²) < 4.78 is 0. The molecule has 0 N–H and O–H groups in total. The van der Waals surface area contributed by atoms with Crippen LogP contribution in [0.3, 0.4) is 0 Å². The Bertz CT molecular complexity index is 209. The molecule has 86 valence electrons. The highest BCUT2D eigenvalue weighted by Gasteiger charge is 2.18. The molecule has 0 aromatic rings. The number of nitriles is 1. The van der Waals surface area contributed by atoms with E-state index in [1.54, 1.807) is 0 Å². The summed E-state index contributed by atoms with van der Waals surface area (Å²) in [6.07, 6.45) is 5.99. The third-order valence-electron chi connectivity index (χ3n) is 3.37. The quantitative estimate of drug-likeness (QED) is 0.690. The van der Waals surface area contributed by atoms with E-state index in [4.69, 9.17) is 5.26 Å². The van der Waals surface area contributed by atoms with E-state index in [0.29, 0.717) is 6.42 Å². The van der Waals surface area contributed by atoms with E-state index in [-0.39, 0.29) is 0 Å². The zero-order valence-electron chi connectivity index (χ0n) is 10.1. The summed E-state index contributed by atoms with van der Waals surface area (Å²) >= 11 is 0. The maximum Gasteiger partial charge on any atom is 0.0635 e. The van der Waals surface area contributed by atoms with E-state index in [2.05, 4.69) is 30.0 Å². The lowest BCUT2D eigenvalue weighted by Crippen LogP contribution is -2.38. The molecule has 0 saturated carbocycles. The predicted molar refractivity (Wildman–Crippen MR) is 62.6 cm³/mol. The molecule has 1 aliphatic rings. The third-order valence-corrected chi connectivity index (χ3v) is 3.37. The minimum atomic E-state index is 0.650. The average Bonchev–Trinajstić information content (AvgIpc) is 2.25. The van der Waals surface area contributed by atoms with Crippen LogP contribution in [-0.4, -0.2) is 49.6 Å². The van der Waals surface area contributed by atoms with Crippen LogP contribution in [0.2, 0.25) is 0 Å². The Morgan fingerprint density at radius 3 is 2.87 bits per heavy atom. The molecule has 0 spiro atoms. The van der Waals surface area contributed by atoms with Crippen molar-refractivity contribution in [1.82, 2.24) is 9.80 Å². The van der Waals surface area contributed by atoms with E-state index >= 15 is 0 Å². The average molecular weight is 209 g/mol. The second-order valence-electron chi connectivity index (χ2n) is 4.63. The predicted octanol–water partition coefficient (Wildman–Crippen LogP) is 1.71. The molecule has 1 saturated heterocycles. The maximum absolute atomic E-state index is 8.49. The van der Waals surface area contributed by atoms with Crippen molar-refractivity contribution in [1.29, 1.82) is 5.26 Å². The van der Waals surface area contributed by atoms with E-state index < -0.39 is 0 Å². The van der Waals surface area contributed by atoms with Crippen LogP contribution < -0.4 is 0 Å². The number of hydrogen-bond acceptors (Lipinski definition) is 3. The van der Waals surface area contributed by atoms with Crippen LogP contribution >= 0.6 is 0 Å². The molecular weight excluding hydrogens is 186 g/mol. The summed E-state index contributed by atoms with van der Waals surface area (Å²) in [6, 6.07) is 2.96. The molecule has 15 heavy (non-hydrogen) atoms. The number of likely N-dealkylation sites (tertiary alicyclic amines) is 1. The molecule has 1 rings (SSSR count). The molecule has 0 aromatic heterocycles. The Hall–Kier alpha value is -0.590. The fraction of sp³-hybridized carbons (Fsp3) is 0.917. The number of hydrogen-bond donors (Lipinski definition) is 0. The molecule has 1 fully saturated rings. The third kappa shape index (κ3) is 4.63. The number of rotatable bonds is 5. The molecule has 3 heteroatoms. The fourth-order valence-electron chi connectivity index (χ4n) is 2.23. The molecule has 1 heterocycles. The maximum atomic E-state index is 8.49. The smallest absolute Gasteiger partial charge is 0.0635 e. The van der Waals surface area contributed by atoms with Gasteiger partial charge in [-0.25, -0.2) is 0 Å². The van der Waals surface area contributed by atoms with Crippen molar-refractivity contribution in [2.24, 2.45) is 0 Å². The van der Waals surface area contributed by atoms with Crippen LogP contribution in [0, 0.1) is 11.3 Å². The molecule has 0 radical (unpaired) electrons.